The van der Waals surface area contributed by atoms with Crippen LogP contribution < -0.4 is 4.74 Å². The van der Waals surface area contributed by atoms with Crippen molar-refractivity contribution in [2.75, 3.05) is 7.11 Å². The lowest BCUT2D eigenvalue weighted by molar-refractivity contribution is 0.410. The molecule has 0 aliphatic carbocycles. The number of hydrogen-bond acceptors (Lipinski definition) is 1. The number of alkyl halides is 1. The Kier molecular flexibility index (Phi) is 4.93. The van der Waals surface area contributed by atoms with Crippen molar-refractivity contribution in [1.82, 2.24) is 0 Å². The Balaban J connectivity index is 2.52. The molecule has 1 unspecified atom stereocenters. The van der Waals surface area contributed by atoms with E-state index in [0.717, 1.165) is 31.4 Å². The second kappa shape index (κ2) is 6.29. The molecule has 0 heterocycles. The van der Waals surface area contributed by atoms with Crippen molar-refractivity contribution in [3.8, 4) is 5.75 Å². The average molecular weight is 405 g/mol. The van der Waals surface area contributed by atoms with Crippen molar-refractivity contribution >= 4 is 43.5 Å². The molecule has 0 saturated heterocycles. The van der Waals surface area contributed by atoms with Gasteiger partial charge in [-0.2, -0.15) is 0 Å². The Bertz CT molecular complexity index is 599. The van der Waals surface area contributed by atoms with Crippen LogP contribution in [0.5, 0.6) is 5.75 Å². The van der Waals surface area contributed by atoms with Crippen molar-refractivity contribution in [2.45, 2.75) is 12.3 Å². The quantitative estimate of drug-likeness (QED) is 0.583. The highest BCUT2D eigenvalue weighted by atomic mass is 79.9. The van der Waals surface area contributed by atoms with Gasteiger partial charge in [-0.25, -0.2) is 0 Å². The van der Waals surface area contributed by atoms with Gasteiger partial charge in [-0.3, -0.25) is 0 Å². The molecule has 0 spiro atoms. The van der Waals surface area contributed by atoms with Crippen molar-refractivity contribution in [3.05, 3.63) is 62.0 Å². The summed E-state index contributed by atoms with van der Waals surface area (Å²) in [7, 11) is 1.65. The van der Waals surface area contributed by atoms with Gasteiger partial charge in [0.05, 0.1) is 12.5 Å². The van der Waals surface area contributed by atoms with Crippen LogP contribution >= 0.6 is 43.5 Å². The lowest BCUT2D eigenvalue weighted by Crippen LogP contribution is -1.99. The molecule has 0 fully saturated rings. The number of ether oxygens (including phenoxy) is 1. The standard InChI is InChI=1S/C15H13Br2ClO/c1-9-4-3-5-11(14(9)17)15(18)12-8-10(16)6-7-13(12)19-2/h3-8,15H,1-2H3. The molecular weight excluding hydrogens is 391 g/mol. The maximum atomic E-state index is 6.63. The van der Waals surface area contributed by atoms with Crippen LogP contribution in [0.4, 0.5) is 0 Å². The van der Waals surface area contributed by atoms with Crippen LogP contribution in [0.1, 0.15) is 22.1 Å². The highest BCUT2D eigenvalue weighted by Gasteiger charge is 2.19. The van der Waals surface area contributed by atoms with Crippen molar-refractivity contribution in [1.29, 1.82) is 0 Å². The van der Waals surface area contributed by atoms with Crippen LogP contribution in [-0.4, -0.2) is 7.11 Å². The fourth-order valence-corrected chi connectivity index (χ4v) is 3.29. The molecule has 0 aliphatic rings. The van der Waals surface area contributed by atoms with Gasteiger partial charge in [-0.15, -0.1) is 11.6 Å². The molecule has 0 N–H and O–H groups in total. The van der Waals surface area contributed by atoms with Gasteiger partial charge in [-0.05, 0) is 36.2 Å². The lowest BCUT2D eigenvalue weighted by Gasteiger charge is -2.17. The minimum absolute atomic E-state index is 0.262. The maximum absolute atomic E-state index is 6.63. The number of halogens is 3. The summed E-state index contributed by atoms with van der Waals surface area (Å²) in [5.41, 5.74) is 3.15. The van der Waals surface area contributed by atoms with Gasteiger partial charge in [0.2, 0.25) is 0 Å². The van der Waals surface area contributed by atoms with Gasteiger partial charge < -0.3 is 4.74 Å². The van der Waals surface area contributed by atoms with Crippen LogP contribution in [0.15, 0.2) is 45.3 Å². The first kappa shape index (κ1) is 14.9. The molecular formula is C15H13Br2ClO. The van der Waals surface area contributed by atoms with E-state index in [-0.39, 0.29) is 5.38 Å². The van der Waals surface area contributed by atoms with E-state index in [9.17, 15) is 0 Å². The molecule has 1 nitrogen and oxygen atoms in total. The van der Waals surface area contributed by atoms with Crippen LogP contribution in [0, 0.1) is 6.92 Å². The maximum Gasteiger partial charge on any atom is 0.123 e. The van der Waals surface area contributed by atoms with Crippen molar-refractivity contribution in [3.63, 3.8) is 0 Å². The van der Waals surface area contributed by atoms with Crippen LogP contribution in [-0.2, 0) is 0 Å². The summed E-state index contributed by atoms with van der Waals surface area (Å²) in [6, 6.07) is 11.9. The first-order chi connectivity index (χ1) is 9.04. The van der Waals surface area contributed by atoms with Gasteiger partial charge in [0.1, 0.15) is 5.75 Å². The predicted octanol–water partition coefficient (Wildman–Crippen LogP) is 5.86. The predicted molar refractivity (Wildman–Crippen MR) is 87.3 cm³/mol. The molecule has 2 aromatic rings. The van der Waals surface area contributed by atoms with E-state index in [1.165, 1.54) is 0 Å². The van der Waals surface area contributed by atoms with Gasteiger partial charge in [0.15, 0.2) is 0 Å². The largest absolute Gasteiger partial charge is 0.496 e. The minimum Gasteiger partial charge on any atom is -0.496 e. The number of benzene rings is 2. The molecule has 0 aromatic heterocycles. The second-order valence-electron chi connectivity index (χ2n) is 4.23. The number of methoxy groups -OCH3 is 1. The van der Waals surface area contributed by atoms with Crippen molar-refractivity contribution < 1.29 is 4.74 Å². The molecule has 0 aliphatic heterocycles. The van der Waals surface area contributed by atoms with Crippen LogP contribution in [0.3, 0.4) is 0 Å². The second-order valence-corrected chi connectivity index (χ2v) is 6.37. The molecule has 2 aromatic carbocycles. The van der Waals surface area contributed by atoms with E-state index >= 15 is 0 Å². The molecule has 0 radical (unpaired) electrons. The number of rotatable bonds is 3. The molecule has 0 amide bonds. The molecule has 1 atom stereocenters. The fourth-order valence-electron chi connectivity index (χ4n) is 1.94. The normalized spacial score (nSPS) is 12.3. The van der Waals surface area contributed by atoms with E-state index < -0.39 is 0 Å². The Morgan fingerprint density at radius 3 is 2.53 bits per heavy atom. The zero-order valence-electron chi connectivity index (χ0n) is 10.6. The first-order valence-corrected chi connectivity index (χ1v) is 7.79. The lowest BCUT2D eigenvalue weighted by atomic mass is 10.0. The summed E-state index contributed by atoms with van der Waals surface area (Å²) in [5, 5.41) is -0.262. The summed E-state index contributed by atoms with van der Waals surface area (Å²) >= 11 is 13.7. The minimum atomic E-state index is -0.262. The topological polar surface area (TPSA) is 9.23 Å². The summed E-state index contributed by atoms with van der Waals surface area (Å²) in [4.78, 5) is 0. The van der Waals surface area contributed by atoms with Crippen LogP contribution in [0.25, 0.3) is 0 Å². The van der Waals surface area contributed by atoms with E-state index in [4.69, 9.17) is 16.3 Å². The number of aryl methyl sites for hydroxylation is 1. The molecule has 2 rings (SSSR count). The molecule has 0 bridgehead atoms. The smallest absolute Gasteiger partial charge is 0.123 e. The zero-order chi connectivity index (χ0) is 14.0. The summed E-state index contributed by atoms with van der Waals surface area (Å²) in [6.07, 6.45) is 0. The third-order valence-electron chi connectivity index (χ3n) is 2.96. The Morgan fingerprint density at radius 1 is 1.11 bits per heavy atom. The van der Waals surface area contributed by atoms with Gasteiger partial charge in [0, 0.05) is 14.5 Å². The average Bonchev–Trinajstić information content (AvgIpc) is 2.41. The van der Waals surface area contributed by atoms with E-state index in [1.54, 1.807) is 7.11 Å². The molecule has 4 heteroatoms. The van der Waals surface area contributed by atoms with Gasteiger partial charge >= 0.3 is 0 Å². The Morgan fingerprint density at radius 2 is 1.84 bits per heavy atom. The Labute approximate surface area is 135 Å². The van der Waals surface area contributed by atoms with E-state index in [0.29, 0.717) is 0 Å². The van der Waals surface area contributed by atoms with E-state index in [1.807, 2.05) is 30.3 Å². The molecule has 0 saturated carbocycles. The zero-order valence-corrected chi connectivity index (χ0v) is 14.5. The highest BCUT2D eigenvalue weighted by molar-refractivity contribution is 9.10. The summed E-state index contributed by atoms with van der Waals surface area (Å²) in [5.74, 6) is 0.789. The van der Waals surface area contributed by atoms with Gasteiger partial charge in [0.25, 0.3) is 0 Å². The SMILES string of the molecule is COc1ccc(Br)cc1C(Cl)c1cccc(C)c1Br. The van der Waals surface area contributed by atoms with Crippen molar-refractivity contribution in [2.24, 2.45) is 0 Å². The fraction of sp³-hybridized carbons (Fsp3) is 0.200. The molecule has 100 valence electrons. The summed E-state index contributed by atoms with van der Waals surface area (Å²) in [6.45, 7) is 2.05. The monoisotopic (exact) mass is 402 g/mol. The van der Waals surface area contributed by atoms with Crippen LogP contribution in [0.2, 0.25) is 0 Å². The van der Waals surface area contributed by atoms with E-state index in [2.05, 4.69) is 44.8 Å². The third-order valence-corrected chi connectivity index (χ3v) is 5.01. The van der Waals surface area contributed by atoms with Gasteiger partial charge in [-0.1, -0.05) is 50.1 Å². The number of hydrogen-bond donors (Lipinski definition) is 0. The highest BCUT2D eigenvalue weighted by Crippen LogP contribution is 2.40. The molecule has 19 heavy (non-hydrogen) atoms. The first-order valence-electron chi connectivity index (χ1n) is 5.77. The Hall–Kier alpha value is -0.510. The third kappa shape index (κ3) is 3.15. The summed E-state index contributed by atoms with van der Waals surface area (Å²) < 4.78 is 7.42.